The molecule has 3 saturated carbocycles. The minimum absolute atomic E-state index is 0.665. The Balaban J connectivity index is 1.91. The molecule has 13 heavy (non-hydrogen) atoms. The van der Waals surface area contributed by atoms with E-state index >= 15 is 0 Å². The summed E-state index contributed by atoms with van der Waals surface area (Å²) in [7, 11) is 0. The lowest BCUT2D eigenvalue weighted by molar-refractivity contribution is -0.103. The summed E-state index contributed by atoms with van der Waals surface area (Å²) in [5.41, 5.74) is 0.665. The fourth-order valence-electron chi connectivity index (χ4n) is 3.54. The zero-order chi connectivity index (χ0) is 9.47. The highest BCUT2D eigenvalue weighted by Gasteiger charge is 2.53. The van der Waals surface area contributed by atoms with Gasteiger partial charge in [-0.3, -0.25) is 0 Å². The molecule has 3 rings (SSSR count). The molecule has 0 aromatic carbocycles. The van der Waals surface area contributed by atoms with Gasteiger partial charge in [0.15, 0.2) is 0 Å². The maximum absolute atomic E-state index is 3.51. The van der Waals surface area contributed by atoms with Crippen LogP contribution in [0.5, 0.6) is 0 Å². The Hall–Kier alpha value is -0.0400. The number of hydrogen-bond donors (Lipinski definition) is 1. The summed E-state index contributed by atoms with van der Waals surface area (Å²) in [5, 5.41) is 3.51. The molecule has 0 aromatic rings. The van der Waals surface area contributed by atoms with Crippen LogP contribution in [0.25, 0.3) is 0 Å². The zero-order valence-corrected chi connectivity index (χ0v) is 9.27. The molecule has 0 heterocycles. The molecule has 3 unspecified atom stereocenters. The lowest BCUT2D eigenvalue weighted by Crippen LogP contribution is -2.54. The van der Waals surface area contributed by atoms with Gasteiger partial charge in [0, 0.05) is 0 Å². The van der Waals surface area contributed by atoms with Gasteiger partial charge in [0.25, 0.3) is 0 Å². The van der Waals surface area contributed by atoms with Crippen LogP contribution in [0.4, 0.5) is 0 Å². The molecule has 3 fully saturated rings. The first kappa shape index (κ1) is 9.51. The fraction of sp³-hybridized carbons (Fsp3) is 1.00. The minimum atomic E-state index is 0.665. The van der Waals surface area contributed by atoms with Gasteiger partial charge in [0.05, 0.1) is 0 Å². The van der Waals surface area contributed by atoms with Crippen LogP contribution in [0.3, 0.4) is 0 Å². The molecule has 0 spiro atoms. The Labute approximate surface area is 82.3 Å². The highest BCUT2D eigenvalue weighted by atomic mass is 14.9. The fourth-order valence-corrected chi connectivity index (χ4v) is 3.54. The zero-order valence-electron chi connectivity index (χ0n) is 9.27. The van der Waals surface area contributed by atoms with Gasteiger partial charge >= 0.3 is 0 Å². The summed E-state index contributed by atoms with van der Waals surface area (Å²) < 4.78 is 0. The van der Waals surface area contributed by atoms with Gasteiger partial charge in [-0.15, -0.1) is 0 Å². The van der Waals surface area contributed by atoms with Gasteiger partial charge in [-0.1, -0.05) is 20.8 Å². The Morgan fingerprint density at radius 1 is 1.31 bits per heavy atom. The van der Waals surface area contributed by atoms with Crippen molar-refractivity contribution in [2.75, 3.05) is 13.1 Å². The van der Waals surface area contributed by atoms with Gasteiger partial charge < -0.3 is 5.32 Å². The van der Waals surface area contributed by atoms with E-state index in [0.29, 0.717) is 5.41 Å². The van der Waals surface area contributed by atoms with Crippen molar-refractivity contribution >= 4 is 0 Å². The predicted molar refractivity (Wildman–Crippen MR) is 56.6 cm³/mol. The van der Waals surface area contributed by atoms with Crippen LogP contribution in [0, 0.1) is 23.2 Å². The molecule has 1 nitrogen and oxygen atoms in total. The van der Waals surface area contributed by atoms with Crippen molar-refractivity contribution in [2.45, 2.75) is 40.0 Å². The van der Waals surface area contributed by atoms with Crippen molar-refractivity contribution in [1.82, 2.24) is 5.32 Å². The smallest absolute Gasteiger partial charge is 0.00178 e. The molecule has 3 aliphatic rings. The van der Waals surface area contributed by atoms with Crippen LogP contribution < -0.4 is 5.32 Å². The second-order valence-electron chi connectivity index (χ2n) is 5.51. The van der Waals surface area contributed by atoms with E-state index in [1.54, 1.807) is 0 Å². The largest absolute Gasteiger partial charge is 0.317 e. The summed E-state index contributed by atoms with van der Waals surface area (Å²) in [6.07, 6.45) is 4.48. The number of nitrogens with one attached hydrogen (secondary N) is 1. The van der Waals surface area contributed by atoms with Crippen LogP contribution in [0.2, 0.25) is 0 Å². The quantitative estimate of drug-likeness (QED) is 0.706. The predicted octanol–water partition coefficient (Wildman–Crippen LogP) is 2.67. The van der Waals surface area contributed by atoms with Gasteiger partial charge in [-0.25, -0.2) is 0 Å². The van der Waals surface area contributed by atoms with E-state index in [0.717, 1.165) is 24.3 Å². The maximum Gasteiger partial charge on any atom is -0.00178 e. The summed E-state index contributed by atoms with van der Waals surface area (Å²) in [5.74, 6) is 3.04. The SMILES string of the molecule is CCNCC1CCC2CC1C2(C)C. The van der Waals surface area contributed by atoms with Crippen LogP contribution in [0.15, 0.2) is 0 Å². The maximum atomic E-state index is 3.51. The van der Waals surface area contributed by atoms with E-state index in [1.165, 1.54) is 25.8 Å². The van der Waals surface area contributed by atoms with E-state index in [4.69, 9.17) is 0 Å². The van der Waals surface area contributed by atoms with Crippen LogP contribution in [0.1, 0.15) is 40.0 Å². The lowest BCUT2D eigenvalue weighted by atomic mass is 9.45. The summed E-state index contributed by atoms with van der Waals surface area (Å²) >= 11 is 0. The first-order valence-electron chi connectivity index (χ1n) is 5.87. The normalized spacial score (nSPS) is 41.3. The highest BCUT2D eigenvalue weighted by molar-refractivity contribution is 5.03. The molecule has 1 heteroatoms. The minimum Gasteiger partial charge on any atom is -0.317 e. The van der Waals surface area contributed by atoms with Crippen LogP contribution >= 0.6 is 0 Å². The topological polar surface area (TPSA) is 12.0 Å². The molecular formula is C12H23N. The van der Waals surface area contributed by atoms with Gasteiger partial charge in [0.1, 0.15) is 0 Å². The molecule has 76 valence electrons. The molecule has 0 aliphatic heterocycles. The Morgan fingerprint density at radius 3 is 2.62 bits per heavy atom. The third kappa shape index (κ3) is 1.41. The summed E-state index contributed by atoms with van der Waals surface area (Å²) in [4.78, 5) is 0. The number of fused-ring (bicyclic) bond motifs is 2. The third-order valence-electron chi connectivity index (χ3n) is 4.66. The summed E-state index contributed by atoms with van der Waals surface area (Å²) in [6.45, 7) is 9.55. The molecule has 3 aliphatic carbocycles. The van der Waals surface area contributed by atoms with Crippen molar-refractivity contribution in [2.24, 2.45) is 23.2 Å². The van der Waals surface area contributed by atoms with Gasteiger partial charge in [0.2, 0.25) is 0 Å². The first-order chi connectivity index (χ1) is 6.16. The molecule has 0 radical (unpaired) electrons. The Morgan fingerprint density at radius 2 is 2.08 bits per heavy atom. The van der Waals surface area contributed by atoms with Crippen LogP contribution in [-0.4, -0.2) is 13.1 Å². The average molecular weight is 181 g/mol. The van der Waals surface area contributed by atoms with E-state index in [-0.39, 0.29) is 0 Å². The highest BCUT2D eigenvalue weighted by Crippen LogP contribution is 2.61. The molecule has 1 N–H and O–H groups in total. The third-order valence-corrected chi connectivity index (χ3v) is 4.66. The molecular weight excluding hydrogens is 158 g/mol. The molecule has 0 amide bonds. The Bertz CT molecular complexity index is 184. The van der Waals surface area contributed by atoms with Crippen molar-refractivity contribution in [1.29, 1.82) is 0 Å². The van der Waals surface area contributed by atoms with Crippen molar-refractivity contribution < 1.29 is 0 Å². The van der Waals surface area contributed by atoms with Crippen molar-refractivity contribution in [3.8, 4) is 0 Å². The molecule has 0 aromatic heterocycles. The number of rotatable bonds is 3. The molecule has 2 bridgehead atoms. The average Bonchev–Trinajstić information content (AvgIpc) is 2.14. The van der Waals surface area contributed by atoms with E-state index in [1.807, 2.05) is 0 Å². The standard InChI is InChI=1S/C12H23N/c1-4-13-8-9-5-6-10-7-11(9)12(10,2)3/h9-11,13H,4-8H2,1-3H3. The Kier molecular flexibility index (Phi) is 2.39. The number of hydrogen-bond acceptors (Lipinski definition) is 1. The summed E-state index contributed by atoms with van der Waals surface area (Å²) in [6, 6.07) is 0. The van der Waals surface area contributed by atoms with Crippen LogP contribution in [-0.2, 0) is 0 Å². The monoisotopic (exact) mass is 181 g/mol. The molecule has 0 saturated heterocycles. The lowest BCUT2D eigenvalue weighted by Gasteiger charge is -2.60. The van der Waals surface area contributed by atoms with E-state index < -0.39 is 0 Å². The van der Waals surface area contributed by atoms with E-state index in [2.05, 4.69) is 26.1 Å². The second kappa shape index (κ2) is 3.27. The van der Waals surface area contributed by atoms with Crippen molar-refractivity contribution in [3.05, 3.63) is 0 Å². The second-order valence-corrected chi connectivity index (χ2v) is 5.51. The molecule has 3 atom stereocenters. The van der Waals surface area contributed by atoms with E-state index in [9.17, 15) is 0 Å². The first-order valence-corrected chi connectivity index (χ1v) is 5.87. The van der Waals surface area contributed by atoms with Gasteiger partial charge in [-0.05, 0) is 55.5 Å². The van der Waals surface area contributed by atoms with Crippen molar-refractivity contribution in [3.63, 3.8) is 0 Å². The van der Waals surface area contributed by atoms with Gasteiger partial charge in [-0.2, -0.15) is 0 Å².